The number of rotatable bonds is 3. The van der Waals surface area contributed by atoms with E-state index in [1.165, 1.54) is 18.3 Å². The number of aromatic hydroxyl groups is 1. The standard InChI is InChI=1S/C18H15N3O5/c22-13-4-1-9(7-12(13)21(25)26)8-19-20-16(23)14-10-2-3-11(15(14)17(20)24)18(10)5-6-18/h1-4,7-8,10-11,14-15,22H,5-6H2/b19-8-/t10-,11-,14-,15+/m1/s1. The fourth-order valence-electron chi connectivity index (χ4n) is 5.07. The first-order valence-corrected chi connectivity index (χ1v) is 8.51. The molecule has 2 amide bonds. The Kier molecular flexibility index (Phi) is 2.80. The van der Waals surface area contributed by atoms with E-state index in [4.69, 9.17) is 0 Å². The van der Waals surface area contributed by atoms with Crippen LogP contribution in [-0.4, -0.2) is 33.1 Å². The highest BCUT2D eigenvalue weighted by Gasteiger charge is 2.73. The van der Waals surface area contributed by atoms with E-state index < -0.39 is 16.4 Å². The highest BCUT2D eigenvalue weighted by molar-refractivity contribution is 6.07. The van der Waals surface area contributed by atoms with Crippen LogP contribution >= 0.6 is 0 Å². The predicted octanol–water partition coefficient (Wildman–Crippen LogP) is 1.83. The molecule has 1 spiro atoms. The lowest BCUT2D eigenvalue weighted by Crippen LogP contribution is -2.30. The van der Waals surface area contributed by atoms with Crippen LogP contribution in [0.5, 0.6) is 5.75 Å². The van der Waals surface area contributed by atoms with Crippen molar-refractivity contribution < 1.29 is 19.6 Å². The summed E-state index contributed by atoms with van der Waals surface area (Å²) >= 11 is 0. The van der Waals surface area contributed by atoms with Crippen LogP contribution in [-0.2, 0) is 9.59 Å². The normalized spacial score (nSPS) is 32.8. The third-order valence-corrected chi connectivity index (χ3v) is 6.35. The Labute approximate surface area is 147 Å². The summed E-state index contributed by atoms with van der Waals surface area (Å²) in [5.74, 6) is -1.42. The highest BCUT2D eigenvalue weighted by atomic mass is 16.6. The van der Waals surface area contributed by atoms with Gasteiger partial charge in [-0.1, -0.05) is 12.2 Å². The third kappa shape index (κ3) is 1.76. The lowest BCUT2D eigenvalue weighted by atomic mass is 9.85. The van der Waals surface area contributed by atoms with Crippen LogP contribution in [0.4, 0.5) is 5.69 Å². The number of allylic oxidation sites excluding steroid dienone is 2. The van der Waals surface area contributed by atoms with Gasteiger partial charge < -0.3 is 5.11 Å². The lowest BCUT2D eigenvalue weighted by molar-refractivity contribution is -0.385. The van der Waals surface area contributed by atoms with Crippen LogP contribution in [0.2, 0.25) is 0 Å². The summed E-state index contributed by atoms with van der Waals surface area (Å²) in [6, 6.07) is 3.76. The summed E-state index contributed by atoms with van der Waals surface area (Å²) in [5, 5.41) is 25.3. The Balaban J connectivity index is 1.42. The van der Waals surface area contributed by atoms with E-state index in [0.29, 0.717) is 5.56 Å². The number of hydrazone groups is 1. The molecule has 4 aliphatic rings. The van der Waals surface area contributed by atoms with Crippen LogP contribution < -0.4 is 0 Å². The van der Waals surface area contributed by atoms with E-state index in [1.807, 2.05) is 0 Å². The fraction of sp³-hybridized carbons (Fsp3) is 0.389. The van der Waals surface area contributed by atoms with Crippen molar-refractivity contribution in [3.8, 4) is 5.75 Å². The zero-order chi connectivity index (χ0) is 18.2. The third-order valence-electron chi connectivity index (χ3n) is 6.35. The van der Waals surface area contributed by atoms with Gasteiger partial charge in [-0.25, -0.2) is 0 Å². The van der Waals surface area contributed by atoms with Crippen molar-refractivity contribution in [1.82, 2.24) is 5.01 Å². The Morgan fingerprint density at radius 3 is 2.35 bits per heavy atom. The van der Waals surface area contributed by atoms with Gasteiger partial charge >= 0.3 is 5.69 Å². The molecule has 4 atom stereocenters. The number of benzene rings is 1. The first-order chi connectivity index (χ1) is 12.4. The monoisotopic (exact) mass is 353 g/mol. The van der Waals surface area contributed by atoms with E-state index in [-0.39, 0.29) is 40.9 Å². The molecule has 3 aliphatic carbocycles. The van der Waals surface area contributed by atoms with Crippen molar-refractivity contribution in [3.05, 3.63) is 46.0 Å². The first kappa shape index (κ1) is 15.2. The summed E-state index contributed by atoms with van der Waals surface area (Å²) in [6.07, 6.45) is 7.55. The maximum Gasteiger partial charge on any atom is 0.311 e. The van der Waals surface area contributed by atoms with Crippen LogP contribution in [0.1, 0.15) is 18.4 Å². The van der Waals surface area contributed by atoms with Gasteiger partial charge in [-0.3, -0.25) is 19.7 Å². The number of hydrogen-bond acceptors (Lipinski definition) is 6. The average molecular weight is 353 g/mol. The van der Waals surface area contributed by atoms with Crippen molar-refractivity contribution in [3.63, 3.8) is 0 Å². The second kappa shape index (κ2) is 4.78. The fourth-order valence-corrected chi connectivity index (χ4v) is 5.07. The number of nitro groups is 1. The van der Waals surface area contributed by atoms with Gasteiger partial charge in [0.2, 0.25) is 0 Å². The van der Waals surface area contributed by atoms with E-state index >= 15 is 0 Å². The second-order valence-corrected chi connectivity index (χ2v) is 7.46. The summed E-state index contributed by atoms with van der Waals surface area (Å²) in [5.41, 5.74) is 0.00309. The Morgan fingerprint density at radius 1 is 1.19 bits per heavy atom. The smallest absolute Gasteiger partial charge is 0.311 e. The van der Waals surface area contributed by atoms with Crippen molar-refractivity contribution >= 4 is 23.7 Å². The number of hydrogen-bond donors (Lipinski definition) is 1. The van der Waals surface area contributed by atoms with Crippen molar-refractivity contribution in [2.45, 2.75) is 12.8 Å². The minimum Gasteiger partial charge on any atom is -0.502 e. The molecule has 1 aromatic rings. The molecule has 8 nitrogen and oxygen atoms in total. The topological polar surface area (TPSA) is 113 Å². The molecule has 1 aromatic carbocycles. The summed E-state index contributed by atoms with van der Waals surface area (Å²) < 4.78 is 0. The van der Waals surface area contributed by atoms with E-state index in [2.05, 4.69) is 17.3 Å². The highest BCUT2D eigenvalue weighted by Crippen LogP contribution is 2.73. The molecule has 8 heteroatoms. The Morgan fingerprint density at radius 2 is 1.81 bits per heavy atom. The number of fused-ring (bicyclic) bond motifs is 3. The van der Waals surface area contributed by atoms with Crippen LogP contribution in [0.15, 0.2) is 35.5 Å². The van der Waals surface area contributed by atoms with Gasteiger partial charge in [-0.15, -0.1) is 0 Å². The number of nitrogens with zero attached hydrogens (tertiary/aromatic N) is 3. The minimum atomic E-state index is -0.707. The number of phenols is 1. The number of nitro benzene ring substituents is 1. The molecular weight excluding hydrogens is 338 g/mol. The number of phenolic OH excluding ortho intramolecular Hbond substituents is 1. The molecule has 132 valence electrons. The molecular formula is C18H15N3O5. The van der Waals surface area contributed by atoms with Gasteiger partial charge in [0, 0.05) is 11.6 Å². The van der Waals surface area contributed by atoms with Crippen LogP contribution in [0.3, 0.4) is 0 Å². The molecule has 5 rings (SSSR count). The molecule has 1 N–H and O–H groups in total. The number of imide groups is 1. The SMILES string of the molecule is O=C1[C@@H]2[C@H](C(=O)N1/N=C\c1ccc(O)c([N+](=O)[O-])c1)[C@H]1C=C[C@H]2C12CC2. The lowest BCUT2D eigenvalue weighted by Gasteiger charge is -2.18. The molecule has 0 unspecified atom stereocenters. The zero-order valence-corrected chi connectivity index (χ0v) is 13.6. The van der Waals surface area contributed by atoms with Crippen molar-refractivity contribution in [1.29, 1.82) is 0 Å². The number of amides is 2. The minimum absolute atomic E-state index is 0.129. The molecule has 0 aromatic heterocycles. The molecule has 1 heterocycles. The Bertz CT molecular complexity index is 899. The van der Waals surface area contributed by atoms with E-state index in [9.17, 15) is 24.8 Å². The second-order valence-electron chi connectivity index (χ2n) is 7.46. The van der Waals surface area contributed by atoms with Gasteiger partial charge in [0.25, 0.3) is 11.8 Å². The predicted molar refractivity (Wildman–Crippen MR) is 89.0 cm³/mol. The first-order valence-electron chi connectivity index (χ1n) is 8.51. The summed E-state index contributed by atoms with van der Waals surface area (Å²) in [4.78, 5) is 35.7. The van der Waals surface area contributed by atoms with Crippen LogP contribution in [0, 0.1) is 39.2 Å². The summed E-state index contributed by atoms with van der Waals surface area (Å²) in [7, 11) is 0. The summed E-state index contributed by atoms with van der Waals surface area (Å²) in [6.45, 7) is 0. The Hall–Kier alpha value is -3.03. The largest absolute Gasteiger partial charge is 0.502 e. The zero-order valence-electron chi connectivity index (χ0n) is 13.6. The van der Waals surface area contributed by atoms with Gasteiger partial charge in [-0.05, 0) is 42.2 Å². The van der Waals surface area contributed by atoms with E-state index in [0.717, 1.165) is 23.9 Å². The maximum atomic E-state index is 12.8. The average Bonchev–Trinajstić information content (AvgIpc) is 3.21. The van der Waals surface area contributed by atoms with Gasteiger partial charge in [0.1, 0.15) is 0 Å². The number of carbonyl (C=O) groups excluding carboxylic acids is 2. The van der Waals surface area contributed by atoms with E-state index in [1.54, 1.807) is 0 Å². The van der Waals surface area contributed by atoms with Crippen molar-refractivity contribution in [2.75, 3.05) is 0 Å². The molecule has 26 heavy (non-hydrogen) atoms. The van der Waals surface area contributed by atoms with Gasteiger partial charge in [-0.2, -0.15) is 10.1 Å². The number of carbonyl (C=O) groups is 2. The van der Waals surface area contributed by atoms with Gasteiger partial charge in [0.05, 0.1) is 23.0 Å². The molecule has 3 fully saturated rings. The molecule has 2 bridgehead atoms. The van der Waals surface area contributed by atoms with Gasteiger partial charge in [0.15, 0.2) is 5.75 Å². The van der Waals surface area contributed by atoms with Crippen molar-refractivity contribution in [2.24, 2.45) is 34.2 Å². The molecule has 0 radical (unpaired) electrons. The molecule has 1 saturated heterocycles. The quantitative estimate of drug-likeness (QED) is 0.293. The molecule has 2 saturated carbocycles. The maximum absolute atomic E-state index is 12.8. The van der Waals surface area contributed by atoms with Crippen LogP contribution in [0.25, 0.3) is 0 Å². The molecule has 1 aliphatic heterocycles.